The van der Waals surface area contributed by atoms with Crippen LogP contribution in [0.25, 0.3) is 0 Å². The van der Waals surface area contributed by atoms with Gasteiger partial charge in [0.25, 0.3) is 5.91 Å². The van der Waals surface area contributed by atoms with E-state index in [1.54, 1.807) is 24.1 Å². The van der Waals surface area contributed by atoms with Crippen LogP contribution in [0.15, 0.2) is 24.3 Å². The van der Waals surface area contributed by atoms with Gasteiger partial charge in [0.15, 0.2) is 11.5 Å². The molecule has 4 nitrogen and oxygen atoms in total. The maximum absolute atomic E-state index is 12.5. The SMILES string of the molecule is COc1cc(C(=O)N(C)Cc2ccc(Cl)s2)cc(Cl)c1OC. The van der Waals surface area contributed by atoms with Crippen LogP contribution in [0.4, 0.5) is 0 Å². The molecule has 7 heteroatoms. The van der Waals surface area contributed by atoms with E-state index in [-0.39, 0.29) is 5.91 Å². The zero-order valence-corrected chi connectivity index (χ0v) is 14.7. The minimum absolute atomic E-state index is 0.160. The fourth-order valence-electron chi connectivity index (χ4n) is 2.00. The molecule has 1 heterocycles. The summed E-state index contributed by atoms with van der Waals surface area (Å²) in [6.07, 6.45) is 0. The molecule has 0 spiro atoms. The number of nitrogens with zero attached hydrogens (tertiary/aromatic N) is 1. The van der Waals surface area contributed by atoms with Crippen molar-refractivity contribution in [2.75, 3.05) is 21.3 Å². The predicted molar refractivity (Wildman–Crippen MR) is 89.7 cm³/mol. The van der Waals surface area contributed by atoms with Gasteiger partial charge in [-0.1, -0.05) is 23.2 Å². The number of amides is 1. The quantitative estimate of drug-likeness (QED) is 0.796. The third-order valence-corrected chi connectivity index (χ3v) is 4.55. The molecule has 2 aromatic rings. The largest absolute Gasteiger partial charge is 0.493 e. The number of rotatable bonds is 5. The van der Waals surface area contributed by atoms with Crippen LogP contribution < -0.4 is 9.47 Å². The number of thiophene rings is 1. The number of hydrogen-bond acceptors (Lipinski definition) is 4. The fourth-order valence-corrected chi connectivity index (χ4v) is 3.43. The smallest absolute Gasteiger partial charge is 0.254 e. The van der Waals surface area contributed by atoms with Gasteiger partial charge >= 0.3 is 0 Å². The van der Waals surface area contributed by atoms with E-state index in [1.807, 2.05) is 12.1 Å². The van der Waals surface area contributed by atoms with Gasteiger partial charge in [0.1, 0.15) is 0 Å². The van der Waals surface area contributed by atoms with E-state index < -0.39 is 0 Å². The van der Waals surface area contributed by atoms with Gasteiger partial charge in [-0.3, -0.25) is 4.79 Å². The second-order valence-electron chi connectivity index (χ2n) is 4.56. The minimum Gasteiger partial charge on any atom is -0.493 e. The molecule has 1 amide bonds. The molecular weight excluding hydrogens is 345 g/mol. The highest BCUT2D eigenvalue weighted by molar-refractivity contribution is 7.16. The van der Waals surface area contributed by atoms with E-state index in [9.17, 15) is 4.79 Å². The second kappa shape index (κ2) is 7.22. The highest BCUT2D eigenvalue weighted by Crippen LogP contribution is 2.36. The topological polar surface area (TPSA) is 38.8 Å². The third kappa shape index (κ3) is 3.66. The monoisotopic (exact) mass is 359 g/mol. The summed E-state index contributed by atoms with van der Waals surface area (Å²) in [5.41, 5.74) is 0.438. The summed E-state index contributed by atoms with van der Waals surface area (Å²) < 4.78 is 11.1. The molecule has 0 saturated carbocycles. The number of ether oxygens (including phenoxy) is 2. The van der Waals surface area contributed by atoms with Crippen LogP contribution in [0.5, 0.6) is 11.5 Å². The molecule has 0 saturated heterocycles. The summed E-state index contributed by atoms with van der Waals surface area (Å²) in [5, 5.41) is 0.331. The zero-order valence-electron chi connectivity index (χ0n) is 12.4. The summed E-state index contributed by atoms with van der Waals surface area (Å²) >= 11 is 13.5. The van der Waals surface area contributed by atoms with Gasteiger partial charge in [-0.15, -0.1) is 11.3 Å². The van der Waals surface area contributed by atoms with Crippen molar-refractivity contribution in [3.05, 3.63) is 44.1 Å². The fraction of sp³-hybridized carbons (Fsp3) is 0.267. The van der Waals surface area contributed by atoms with Crippen LogP contribution in [0.1, 0.15) is 15.2 Å². The first kappa shape index (κ1) is 16.9. The van der Waals surface area contributed by atoms with Gasteiger partial charge < -0.3 is 14.4 Å². The summed E-state index contributed by atoms with van der Waals surface area (Å²) in [7, 11) is 4.72. The van der Waals surface area contributed by atoms with Crippen LogP contribution >= 0.6 is 34.5 Å². The Bertz CT molecular complexity index is 687. The lowest BCUT2D eigenvalue weighted by Gasteiger charge is -2.18. The van der Waals surface area contributed by atoms with Crippen molar-refractivity contribution in [3.63, 3.8) is 0 Å². The van der Waals surface area contributed by atoms with E-state index in [4.69, 9.17) is 32.7 Å². The first-order chi connectivity index (χ1) is 10.5. The van der Waals surface area contributed by atoms with Gasteiger partial charge in [-0.05, 0) is 24.3 Å². The number of halogens is 2. The van der Waals surface area contributed by atoms with Gasteiger partial charge in [0.05, 0.1) is 30.1 Å². The molecule has 0 atom stereocenters. The van der Waals surface area contributed by atoms with E-state index >= 15 is 0 Å². The van der Waals surface area contributed by atoms with E-state index in [0.717, 1.165) is 4.88 Å². The van der Waals surface area contributed by atoms with Crippen LogP contribution in [0, 0.1) is 0 Å². The first-order valence-corrected chi connectivity index (χ1v) is 7.94. The van der Waals surface area contributed by atoms with Gasteiger partial charge in [-0.25, -0.2) is 0 Å². The predicted octanol–water partition coefficient (Wildman–Crippen LogP) is 4.34. The minimum atomic E-state index is -0.160. The summed E-state index contributed by atoms with van der Waals surface area (Å²) in [6.45, 7) is 0.474. The maximum atomic E-state index is 12.5. The van der Waals surface area contributed by atoms with Gasteiger partial charge in [-0.2, -0.15) is 0 Å². The Balaban J connectivity index is 2.23. The van der Waals surface area contributed by atoms with Crippen LogP contribution in [-0.2, 0) is 6.54 Å². The van der Waals surface area contributed by atoms with E-state index in [0.29, 0.717) is 33.0 Å². The van der Waals surface area contributed by atoms with Crippen LogP contribution in [-0.4, -0.2) is 32.1 Å². The molecule has 0 fully saturated rings. The molecule has 118 valence electrons. The molecule has 0 aliphatic rings. The Morgan fingerprint density at radius 2 is 1.95 bits per heavy atom. The molecule has 22 heavy (non-hydrogen) atoms. The molecule has 0 aliphatic heterocycles. The van der Waals surface area contributed by atoms with Crippen molar-refractivity contribution in [2.24, 2.45) is 0 Å². The number of benzene rings is 1. The molecule has 0 bridgehead atoms. The van der Waals surface area contributed by atoms with Crippen molar-refractivity contribution in [1.82, 2.24) is 4.90 Å². The molecule has 1 aromatic carbocycles. The van der Waals surface area contributed by atoms with E-state index in [1.165, 1.54) is 25.6 Å². The molecule has 0 radical (unpaired) electrons. The Kier molecular flexibility index (Phi) is 5.56. The average Bonchev–Trinajstić information content (AvgIpc) is 2.90. The van der Waals surface area contributed by atoms with Crippen molar-refractivity contribution in [3.8, 4) is 11.5 Å². The molecule has 0 N–H and O–H groups in total. The summed E-state index contributed by atoms with van der Waals surface area (Å²) in [5.74, 6) is 0.673. The zero-order chi connectivity index (χ0) is 16.3. The highest BCUT2D eigenvalue weighted by atomic mass is 35.5. The molecule has 0 unspecified atom stereocenters. The first-order valence-electron chi connectivity index (χ1n) is 6.37. The van der Waals surface area contributed by atoms with Crippen molar-refractivity contribution in [1.29, 1.82) is 0 Å². The van der Waals surface area contributed by atoms with Gasteiger partial charge in [0, 0.05) is 17.5 Å². The number of carbonyl (C=O) groups is 1. The maximum Gasteiger partial charge on any atom is 0.254 e. The van der Waals surface area contributed by atoms with Gasteiger partial charge in [0.2, 0.25) is 0 Å². The molecule has 0 aliphatic carbocycles. The summed E-state index contributed by atoms with van der Waals surface area (Å²) in [4.78, 5) is 15.1. The Labute approximate surface area is 143 Å². The number of hydrogen-bond donors (Lipinski definition) is 0. The van der Waals surface area contributed by atoms with Crippen LogP contribution in [0.2, 0.25) is 9.36 Å². The normalized spacial score (nSPS) is 10.4. The molecule has 2 rings (SSSR count). The van der Waals surface area contributed by atoms with E-state index in [2.05, 4.69) is 0 Å². The second-order valence-corrected chi connectivity index (χ2v) is 6.77. The summed E-state index contributed by atoms with van der Waals surface area (Å²) in [6, 6.07) is 6.90. The van der Waals surface area contributed by atoms with Crippen molar-refractivity contribution < 1.29 is 14.3 Å². The number of methoxy groups -OCH3 is 2. The Hall–Kier alpha value is -1.43. The van der Waals surface area contributed by atoms with Crippen molar-refractivity contribution in [2.45, 2.75) is 6.54 Å². The average molecular weight is 360 g/mol. The lowest BCUT2D eigenvalue weighted by Crippen LogP contribution is -2.25. The lowest BCUT2D eigenvalue weighted by atomic mass is 10.1. The Morgan fingerprint density at radius 1 is 1.23 bits per heavy atom. The third-order valence-electron chi connectivity index (χ3n) is 3.05. The molecular formula is C15H15Cl2NO3S. The highest BCUT2D eigenvalue weighted by Gasteiger charge is 2.18. The lowest BCUT2D eigenvalue weighted by molar-refractivity contribution is 0.0786. The Morgan fingerprint density at radius 3 is 2.50 bits per heavy atom. The standard InChI is InChI=1S/C15H15Cl2NO3S/c1-18(8-10-4-5-13(17)22-10)15(19)9-6-11(16)14(21-3)12(7-9)20-2/h4-7H,8H2,1-3H3. The van der Waals surface area contributed by atoms with Crippen LogP contribution in [0.3, 0.4) is 0 Å². The van der Waals surface area contributed by atoms with Crippen molar-refractivity contribution >= 4 is 40.4 Å². The molecule has 1 aromatic heterocycles. The number of carbonyl (C=O) groups excluding carboxylic acids is 1.